The number of carbonyl (C=O) groups excluding carboxylic acids is 1. The number of aldehydes is 1. The molecule has 0 radical (unpaired) electrons. The summed E-state index contributed by atoms with van der Waals surface area (Å²) in [6, 6.07) is 6.56. The summed E-state index contributed by atoms with van der Waals surface area (Å²) in [7, 11) is 0. The SMILES string of the molecule is O=C/C=C/c1ccc2occc(=O)c2c1. The van der Waals surface area contributed by atoms with Crippen LogP contribution in [0.2, 0.25) is 0 Å². The van der Waals surface area contributed by atoms with Crippen molar-refractivity contribution in [1.82, 2.24) is 0 Å². The van der Waals surface area contributed by atoms with E-state index in [1.54, 1.807) is 24.3 Å². The Kier molecular flexibility index (Phi) is 2.46. The highest BCUT2D eigenvalue weighted by atomic mass is 16.3. The first kappa shape index (κ1) is 9.40. The minimum atomic E-state index is -0.0856. The van der Waals surface area contributed by atoms with Crippen molar-refractivity contribution in [2.75, 3.05) is 0 Å². The molecular formula is C12H8O3. The van der Waals surface area contributed by atoms with Crippen LogP contribution in [-0.2, 0) is 4.79 Å². The number of allylic oxidation sites excluding steroid dienone is 1. The Morgan fingerprint density at radius 1 is 1.20 bits per heavy atom. The number of carbonyl (C=O) groups is 1. The van der Waals surface area contributed by atoms with Crippen LogP contribution in [0, 0.1) is 0 Å². The second-order valence-electron chi connectivity index (χ2n) is 3.04. The zero-order valence-corrected chi connectivity index (χ0v) is 7.84. The minimum Gasteiger partial charge on any atom is -0.464 e. The Morgan fingerprint density at radius 2 is 2.07 bits per heavy atom. The first-order valence-electron chi connectivity index (χ1n) is 4.45. The third-order valence-electron chi connectivity index (χ3n) is 2.05. The van der Waals surface area contributed by atoms with Gasteiger partial charge in [0.2, 0.25) is 0 Å². The molecule has 0 fully saturated rings. The molecule has 74 valence electrons. The molecule has 0 bridgehead atoms. The van der Waals surface area contributed by atoms with Gasteiger partial charge in [-0.05, 0) is 23.8 Å². The van der Waals surface area contributed by atoms with Crippen LogP contribution in [0.5, 0.6) is 0 Å². The van der Waals surface area contributed by atoms with Crippen LogP contribution in [0.15, 0.2) is 45.8 Å². The standard InChI is InChI=1S/C12H8O3/c13-6-1-2-9-3-4-12-10(8-9)11(14)5-7-15-12/h1-8H/b2-1+. The van der Waals surface area contributed by atoms with Crippen LogP contribution in [0.4, 0.5) is 0 Å². The van der Waals surface area contributed by atoms with Gasteiger partial charge in [-0.3, -0.25) is 9.59 Å². The number of hydrogen-bond donors (Lipinski definition) is 0. The summed E-state index contributed by atoms with van der Waals surface area (Å²) in [5.41, 5.74) is 1.26. The van der Waals surface area contributed by atoms with Crippen LogP contribution in [0.3, 0.4) is 0 Å². The quantitative estimate of drug-likeness (QED) is 0.550. The molecule has 0 amide bonds. The van der Waals surface area contributed by atoms with E-state index in [0.29, 0.717) is 17.3 Å². The maximum atomic E-state index is 11.5. The first-order chi connectivity index (χ1) is 7.31. The number of fused-ring (bicyclic) bond motifs is 1. The molecule has 2 rings (SSSR count). The fourth-order valence-corrected chi connectivity index (χ4v) is 1.36. The third kappa shape index (κ3) is 1.86. The lowest BCUT2D eigenvalue weighted by atomic mass is 10.1. The van der Waals surface area contributed by atoms with Crippen molar-refractivity contribution in [1.29, 1.82) is 0 Å². The van der Waals surface area contributed by atoms with E-state index in [9.17, 15) is 9.59 Å². The normalized spacial score (nSPS) is 10.9. The predicted molar refractivity (Wildman–Crippen MR) is 57.6 cm³/mol. The van der Waals surface area contributed by atoms with Crippen molar-refractivity contribution < 1.29 is 9.21 Å². The van der Waals surface area contributed by atoms with Gasteiger partial charge in [0.1, 0.15) is 11.9 Å². The summed E-state index contributed by atoms with van der Waals surface area (Å²) < 4.78 is 5.16. The molecule has 0 spiro atoms. The lowest BCUT2D eigenvalue weighted by Crippen LogP contribution is -1.97. The summed E-state index contributed by atoms with van der Waals surface area (Å²) in [6.45, 7) is 0. The summed E-state index contributed by atoms with van der Waals surface area (Å²) in [5, 5.41) is 0.519. The Hall–Kier alpha value is -2.16. The molecule has 1 aromatic carbocycles. The molecule has 15 heavy (non-hydrogen) atoms. The van der Waals surface area contributed by atoms with Crippen molar-refractivity contribution in [3.63, 3.8) is 0 Å². The smallest absolute Gasteiger partial charge is 0.192 e. The second kappa shape index (κ2) is 3.92. The maximum Gasteiger partial charge on any atom is 0.192 e. The highest BCUT2D eigenvalue weighted by Crippen LogP contribution is 2.12. The molecule has 0 saturated carbocycles. The molecule has 0 atom stereocenters. The highest BCUT2D eigenvalue weighted by Gasteiger charge is 1.99. The summed E-state index contributed by atoms with van der Waals surface area (Å²) in [6.07, 6.45) is 5.08. The molecule has 0 aliphatic heterocycles. The van der Waals surface area contributed by atoms with Gasteiger partial charge in [-0.25, -0.2) is 0 Å². The van der Waals surface area contributed by atoms with E-state index in [-0.39, 0.29) is 5.43 Å². The van der Waals surface area contributed by atoms with Gasteiger partial charge in [0.25, 0.3) is 0 Å². The molecule has 1 aromatic heterocycles. The van der Waals surface area contributed by atoms with Crippen molar-refractivity contribution in [3.05, 3.63) is 52.4 Å². The zero-order chi connectivity index (χ0) is 10.7. The third-order valence-corrected chi connectivity index (χ3v) is 2.05. The van der Waals surface area contributed by atoms with E-state index in [2.05, 4.69) is 0 Å². The second-order valence-corrected chi connectivity index (χ2v) is 3.04. The average molecular weight is 200 g/mol. The molecule has 0 N–H and O–H groups in total. The fourth-order valence-electron chi connectivity index (χ4n) is 1.36. The van der Waals surface area contributed by atoms with E-state index >= 15 is 0 Å². The summed E-state index contributed by atoms with van der Waals surface area (Å²) in [5.74, 6) is 0. The largest absolute Gasteiger partial charge is 0.464 e. The van der Waals surface area contributed by atoms with E-state index in [1.807, 2.05) is 0 Å². The number of benzene rings is 1. The Morgan fingerprint density at radius 3 is 2.87 bits per heavy atom. The van der Waals surface area contributed by atoms with Gasteiger partial charge in [-0.2, -0.15) is 0 Å². The predicted octanol–water partition coefficient (Wildman–Crippen LogP) is 2.01. The van der Waals surface area contributed by atoms with Crippen LogP contribution in [-0.4, -0.2) is 6.29 Å². The van der Waals surface area contributed by atoms with Crippen molar-refractivity contribution in [2.45, 2.75) is 0 Å². The van der Waals surface area contributed by atoms with Crippen molar-refractivity contribution >= 4 is 23.3 Å². The van der Waals surface area contributed by atoms with E-state index < -0.39 is 0 Å². The molecule has 0 aliphatic carbocycles. The van der Waals surface area contributed by atoms with E-state index in [4.69, 9.17) is 4.42 Å². The lowest BCUT2D eigenvalue weighted by Gasteiger charge is -1.96. The first-order valence-corrected chi connectivity index (χ1v) is 4.45. The Bertz CT molecular complexity index is 579. The van der Waals surface area contributed by atoms with Gasteiger partial charge in [0.05, 0.1) is 11.6 Å². The molecule has 3 heteroatoms. The van der Waals surface area contributed by atoms with Crippen molar-refractivity contribution in [3.8, 4) is 0 Å². The molecule has 0 saturated heterocycles. The van der Waals surface area contributed by atoms with Gasteiger partial charge < -0.3 is 4.42 Å². The number of rotatable bonds is 2. The maximum absolute atomic E-state index is 11.5. The fraction of sp³-hybridized carbons (Fsp3) is 0. The van der Waals surface area contributed by atoms with Crippen LogP contribution in [0.1, 0.15) is 5.56 Å². The molecule has 0 unspecified atom stereocenters. The minimum absolute atomic E-state index is 0.0856. The van der Waals surface area contributed by atoms with Crippen LogP contribution in [0.25, 0.3) is 17.0 Å². The summed E-state index contributed by atoms with van der Waals surface area (Å²) in [4.78, 5) is 21.6. The number of hydrogen-bond acceptors (Lipinski definition) is 3. The Labute approximate surface area is 85.6 Å². The summed E-state index contributed by atoms with van der Waals surface area (Å²) >= 11 is 0. The van der Waals surface area contributed by atoms with E-state index in [1.165, 1.54) is 18.4 Å². The molecule has 1 heterocycles. The van der Waals surface area contributed by atoms with Gasteiger partial charge in [0, 0.05) is 6.07 Å². The van der Waals surface area contributed by atoms with Gasteiger partial charge in [0.15, 0.2) is 5.43 Å². The van der Waals surface area contributed by atoms with Crippen molar-refractivity contribution in [2.24, 2.45) is 0 Å². The lowest BCUT2D eigenvalue weighted by molar-refractivity contribution is -0.104. The molecule has 3 nitrogen and oxygen atoms in total. The van der Waals surface area contributed by atoms with Crippen LogP contribution >= 0.6 is 0 Å². The van der Waals surface area contributed by atoms with E-state index in [0.717, 1.165) is 5.56 Å². The molecular weight excluding hydrogens is 192 g/mol. The molecule has 2 aromatic rings. The average Bonchev–Trinajstić information content (AvgIpc) is 2.27. The van der Waals surface area contributed by atoms with Gasteiger partial charge in [-0.1, -0.05) is 12.1 Å². The zero-order valence-electron chi connectivity index (χ0n) is 7.84. The van der Waals surface area contributed by atoms with Crippen LogP contribution < -0.4 is 5.43 Å². The Balaban J connectivity index is 2.64. The monoisotopic (exact) mass is 200 g/mol. The molecule has 0 aliphatic rings. The van der Waals surface area contributed by atoms with Gasteiger partial charge >= 0.3 is 0 Å². The highest BCUT2D eigenvalue weighted by molar-refractivity contribution is 5.81. The topological polar surface area (TPSA) is 47.3 Å². The van der Waals surface area contributed by atoms with Gasteiger partial charge in [-0.15, -0.1) is 0 Å².